The lowest BCUT2D eigenvalue weighted by Gasteiger charge is -2.36. The standard InChI is InChI=1S/C21H20FN5O3/c1-24-19(28)18(23-27(21(24)30)15-7-3-2-4-8-15)20(29)26-13-11-25(12-14-26)17-10-6-5-9-16(17)22/h2-10H,11-14H2,1H3. The van der Waals surface area contributed by atoms with Crippen LogP contribution in [0.3, 0.4) is 0 Å². The molecule has 0 radical (unpaired) electrons. The van der Waals surface area contributed by atoms with E-state index < -0.39 is 17.2 Å². The van der Waals surface area contributed by atoms with Crippen molar-refractivity contribution in [2.45, 2.75) is 0 Å². The lowest BCUT2D eigenvalue weighted by molar-refractivity contribution is 0.0735. The number of aromatic nitrogens is 3. The third kappa shape index (κ3) is 3.49. The van der Waals surface area contributed by atoms with Crippen LogP contribution in [-0.4, -0.2) is 51.3 Å². The third-order valence-corrected chi connectivity index (χ3v) is 5.14. The van der Waals surface area contributed by atoms with Crippen LogP contribution in [0.5, 0.6) is 0 Å². The second kappa shape index (κ2) is 7.94. The molecule has 2 aromatic carbocycles. The largest absolute Gasteiger partial charge is 0.366 e. The first-order valence-corrected chi connectivity index (χ1v) is 9.52. The molecule has 1 fully saturated rings. The van der Waals surface area contributed by atoms with Crippen molar-refractivity contribution in [3.8, 4) is 5.69 Å². The van der Waals surface area contributed by atoms with Crippen LogP contribution in [0.25, 0.3) is 5.69 Å². The fraction of sp³-hybridized carbons (Fsp3) is 0.238. The average molecular weight is 409 g/mol. The number of para-hydroxylation sites is 2. The molecule has 9 heteroatoms. The quantitative estimate of drug-likeness (QED) is 0.646. The Hall–Kier alpha value is -3.75. The molecule has 2 heterocycles. The van der Waals surface area contributed by atoms with E-state index in [4.69, 9.17) is 0 Å². The van der Waals surface area contributed by atoms with Crippen LogP contribution in [0, 0.1) is 5.82 Å². The average Bonchev–Trinajstić information content (AvgIpc) is 2.78. The Morgan fingerprint density at radius 3 is 2.23 bits per heavy atom. The number of anilines is 1. The fourth-order valence-corrected chi connectivity index (χ4v) is 3.45. The van der Waals surface area contributed by atoms with Gasteiger partial charge in [0.05, 0.1) is 11.4 Å². The highest BCUT2D eigenvalue weighted by Gasteiger charge is 2.27. The van der Waals surface area contributed by atoms with Crippen LogP contribution in [0.2, 0.25) is 0 Å². The normalized spacial score (nSPS) is 14.1. The molecule has 1 saturated heterocycles. The predicted molar refractivity (Wildman–Crippen MR) is 110 cm³/mol. The molecule has 0 atom stereocenters. The minimum absolute atomic E-state index is 0.308. The van der Waals surface area contributed by atoms with Crippen LogP contribution in [0.15, 0.2) is 64.2 Å². The Kier molecular flexibility index (Phi) is 5.18. The van der Waals surface area contributed by atoms with Gasteiger partial charge in [0.15, 0.2) is 0 Å². The summed E-state index contributed by atoms with van der Waals surface area (Å²) in [6.07, 6.45) is 0. The molecule has 1 aliphatic heterocycles. The van der Waals surface area contributed by atoms with Crippen molar-refractivity contribution in [2.24, 2.45) is 7.05 Å². The molecule has 1 aromatic heterocycles. The lowest BCUT2D eigenvalue weighted by Crippen LogP contribution is -2.51. The van der Waals surface area contributed by atoms with E-state index in [1.165, 1.54) is 18.0 Å². The molecule has 30 heavy (non-hydrogen) atoms. The van der Waals surface area contributed by atoms with Gasteiger partial charge in [0.2, 0.25) is 5.69 Å². The molecule has 154 valence electrons. The van der Waals surface area contributed by atoms with Gasteiger partial charge >= 0.3 is 5.69 Å². The smallest absolute Gasteiger partial charge is 0.351 e. The van der Waals surface area contributed by atoms with Crippen LogP contribution in [-0.2, 0) is 7.05 Å². The Balaban J connectivity index is 1.60. The Labute approximate surface area is 171 Å². The molecule has 0 aliphatic carbocycles. The van der Waals surface area contributed by atoms with Gasteiger partial charge in [-0.15, -0.1) is 0 Å². The number of benzene rings is 2. The first-order chi connectivity index (χ1) is 14.5. The van der Waals surface area contributed by atoms with Gasteiger partial charge in [-0.3, -0.25) is 14.2 Å². The summed E-state index contributed by atoms with van der Waals surface area (Å²) in [5.41, 5.74) is -0.756. The van der Waals surface area contributed by atoms with Crippen molar-refractivity contribution in [3.63, 3.8) is 0 Å². The molecular formula is C21H20FN5O3. The van der Waals surface area contributed by atoms with Crippen molar-refractivity contribution in [1.29, 1.82) is 0 Å². The number of piperazine rings is 1. The van der Waals surface area contributed by atoms with Crippen LogP contribution in [0.1, 0.15) is 10.5 Å². The zero-order valence-electron chi connectivity index (χ0n) is 16.4. The van der Waals surface area contributed by atoms with E-state index in [-0.39, 0.29) is 11.5 Å². The SMILES string of the molecule is Cn1c(=O)c(C(=O)N2CCN(c3ccccc3F)CC2)nn(-c2ccccc2)c1=O. The van der Waals surface area contributed by atoms with Gasteiger partial charge in [-0.2, -0.15) is 9.78 Å². The third-order valence-electron chi connectivity index (χ3n) is 5.14. The fourth-order valence-electron chi connectivity index (χ4n) is 3.45. The Morgan fingerprint density at radius 1 is 0.933 bits per heavy atom. The van der Waals surface area contributed by atoms with Crippen LogP contribution in [0.4, 0.5) is 10.1 Å². The first-order valence-electron chi connectivity index (χ1n) is 9.52. The van der Waals surface area contributed by atoms with Gasteiger partial charge < -0.3 is 9.80 Å². The van der Waals surface area contributed by atoms with Gasteiger partial charge in [-0.1, -0.05) is 30.3 Å². The van der Waals surface area contributed by atoms with Crippen LogP contribution >= 0.6 is 0 Å². The zero-order chi connectivity index (χ0) is 21.3. The number of amides is 1. The highest BCUT2D eigenvalue weighted by molar-refractivity contribution is 5.92. The van der Waals surface area contributed by atoms with E-state index in [0.717, 1.165) is 9.25 Å². The summed E-state index contributed by atoms with van der Waals surface area (Å²) >= 11 is 0. The summed E-state index contributed by atoms with van der Waals surface area (Å²) in [6, 6.07) is 15.1. The monoisotopic (exact) mass is 409 g/mol. The molecule has 0 spiro atoms. The summed E-state index contributed by atoms with van der Waals surface area (Å²) in [6.45, 7) is 1.46. The van der Waals surface area contributed by atoms with Crippen molar-refractivity contribution >= 4 is 11.6 Å². The molecule has 1 amide bonds. The van der Waals surface area contributed by atoms with E-state index >= 15 is 0 Å². The lowest BCUT2D eigenvalue weighted by atomic mass is 10.2. The molecule has 4 rings (SSSR count). The van der Waals surface area contributed by atoms with Crippen molar-refractivity contribution < 1.29 is 9.18 Å². The van der Waals surface area contributed by atoms with Gasteiger partial charge in [0.1, 0.15) is 5.82 Å². The first kappa shape index (κ1) is 19.6. The van der Waals surface area contributed by atoms with E-state index in [2.05, 4.69) is 5.10 Å². The van der Waals surface area contributed by atoms with Crippen molar-refractivity contribution in [3.05, 3.63) is 86.9 Å². The predicted octanol–water partition coefficient (Wildman–Crippen LogP) is 1.03. The van der Waals surface area contributed by atoms with E-state index in [9.17, 15) is 18.8 Å². The van der Waals surface area contributed by atoms with Gasteiger partial charge in [0, 0.05) is 33.2 Å². The van der Waals surface area contributed by atoms with E-state index in [1.54, 1.807) is 48.5 Å². The zero-order valence-corrected chi connectivity index (χ0v) is 16.4. The highest BCUT2D eigenvalue weighted by Crippen LogP contribution is 2.20. The number of hydrogen-bond acceptors (Lipinski definition) is 5. The Bertz CT molecular complexity index is 1200. The number of carbonyl (C=O) groups is 1. The molecule has 0 bridgehead atoms. The van der Waals surface area contributed by atoms with Crippen LogP contribution < -0.4 is 16.1 Å². The van der Waals surface area contributed by atoms with Crippen molar-refractivity contribution in [2.75, 3.05) is 31.1 Å². The van der Waals surface area contributed by atoms with Gasteiger partial charge in [-0.05, 0) is 24.3 Å². The number of hydrogen-bond donors (Lipinski definition) is 0. The van der Waals surface area contributed by atoms with Gasteiger partial charge in [-0.25, -0.2) is 9.18 Å². The topological polar surface area (TPSA) is 80.4 Å². The minimum atomic E-state index is -0.742. The summed E-state index contributed by atoms with van der Waals surface area (Å²) in [4.78, 5) is 41.4. The summed E-state index contributed by atoms with van der Waals surface area (Å²) < 4.78 is 16.0. The van der Waals surface area contributed by atoms with E-state index in [0.29, 0.717) is 37.6 Å². The second-order valence-corrected chi connectivity index (χ2v) is 6.97. The summed E-state index contributed by atoms with van der Waals surface area (Å²) in [5.74, 6) is -0.865. The maximum absolute atomic E-state index is 14.0. The molecular weight excluding hydrogens is 389 g/mol. The molecule has 3 aromatic rings. The number of carbonyl (C=O) groups excluding carboxylic acids is 1. The van der Waals surface area contributed by atoms with Gasteiger partial charge in [0.25, 0.3) is 11.5 Å². The maximum Gasteiger partial charge on any atom is 0.351 e. The number of rotatable bonds is 3. The van der Waals surface area contributed by atoms with E-state index in [1.807, 2.05) is 4.90 Å². The van der Waals surface area contributed by atoms with Crippen molar-refractivity contribution in [1.82, 2.24) is 19.2 Å². The summed E-state index contributed by atoms with van der Waals surface area (Å²) in [5, 5.41) is 4.08. The Morgan fingerprint density at radius 2 is 1.57 bits per heavy atom. The molecule has 8 nitrogen and oxygen atoms in total. The highest BCUT2D eigenvalue weighted by atomic mass is 19.1. The molecule has 0 saturated carbocycles. The minimum Gasteiger partial charge on any atom is -0.366 e. The molecule has 0 unspecified atom stereocenters. The molecule has 1 aliphatic rings. The number of nitrogens with zero attached hydrogens (tertiary/aromatic N) is 5. The maximum atomic E-state index is 14.0. The number of halogens is 1. The summed E-state index contributed by atoms with van der Waals surface area (Å²) in [7, 11) is 1.32. The second-order valence-electron chi connectivity index (χ2n) is 6.97. The molecule has 0 N–H and O–H groups in total.